The summed E-state index contributed by atoms with van der Waals surface area (Å²) in [7, 11) is 0. The van der Waals surface area contributed by atoms with Gasteiger partial charge in [-0.1, -0.05) is 0 Å². The molecule has 0 aliphatic carbocycles. The summed E-state index contributed by atoms with van der Waals surface area (Å²) in [5, 5.41) is 0. The van der Waals surface area contributed by atoms with Crippen molar-refractivity contribution in [2.75, 3.05) is 50.9 Å². The quantitative estimate of drug-likeness (QED) is 0.692. The molecule has 0 radical (unpaired) electrons. The van der Waals surface area contributed by atoms with E-state index < -0.39 is 0 Å². The van der Waals surface area contributed by atoms with E-state index in [0.29, 0.717) is 69.6 Å². The molecule has 1 atom stereocenters. The highest BCUT2D eigenvalue weighted by Crippen LogP contribution is 2.19. The first-order valence-corrected chi connectivity index (χ1v) is 10.4. The van der Waals surface area contributed by atoms with E-state index in [1.807, 2.05) is 4.90 Å². The number of ether oxygens (including phenoxy) is 2. The molecular formula is C20H30N4O5. The second-order valence-corrected chi connectivity index (χ2v) is 7.48. The highest BCUT2D eigenvalue weighted by Gasteiger charge is 2.29. The number of hydrogen-bond donors (Lipinski definition) is 1. The van der Waals surface area contributed by atoms with Gasteiger partial charge in [0.1, 0.15) is 0 Å². The van der Waals surface area contributed by atoms with Crippen molar-refractivity contribution < 1.29 is 19.1 Å². The Labute approximate surface area is 170 Å². The number of carbonyl (C=O) groups excluding carboxylic acids is 2. The molecule has 0 spiro atoms. The summed E-state index contributed by atoms with van der Waals surface area (Å²) in [6.07, 6.45) is 2.08. The van der Waals surface area contributed by atoms with Crippen LogP contribution in [0.2, 0.25) is 0 Å². The molecule has 3 heterocycles. The summed E-state index contributed by atoms with van der Waals surface area (Å²) in [5.41, 5.74) is 0.982. The first-order valence-electron chi connectivity index (χ1n) is 10.4. The third-order valence-corrected chi connectivity index (χ3v) is 5.50. The number of nitrogens with one attached hydrogen (secondary N) is 1. The van der Waals surface area contributed by atoms with Gasteiger partial charge in [-0.15, -0.1) is 0 Å². The molecule has 0 saturated carbocycles. The van der Waals surface area contributed by atoms with Gasteiger partial charge in [0.15, 0.2) is 0 Å². The number of piperidine rings is 1. The van der Waals surface area contributed by atoms with Crippen LogP contribution in [0.25, 0.3) is 0 Å². The van der Waals surface area contributed by atoms with Crippen molar-refractivity contribution in [2.45, 2.75) is 39.5 Å². The Bertz CT molecular complexity index is 788. The lowest BCUT2D eigenvalue weighted by atomic mass is 9.97. The molecule has 2 fully saturated rings. The lowest BCUT2D eigenvalue weighted by Gasteiger charge is -2.31. The van der Waals surface area contributed by atoms with Crippen LogP contribution >= 0.6 is 0 Å². The number of aryl methyl sites for hydroxylation is 1. The number of rotatable bonds is 6. The Morgan fingerprint density at radius 2 is 2.03 bits per heavy atom. The molecule has 29 heavy (non-hydrogen) atoms. The molecule has 1 unspecified atom stereocenters. The van der Waals surface area contributed by atoms with Gasteiger partial charge in [0.25, 0.3) is 5.56 Å². The predicted molar refractivity (Wildman–Crippen MR) is 107 cm³/mol. The first kappa shape index (κ1) is 21.3. The van der Waals surface area contributed by atoms with E-state index in [4.69, 9.17) is 9.47 Å². The molecule has 1 N–H and O–H groups in total. The number of anilines is 1. The van der Waals surface area contributed by atoms with Crippen LogP contribution in [0.3, 0.4) is 0 Å². The maximum atomic E-state index is 12.7. The minimum atomic E-state index is -0.257. The molecule has 0 aromatic carbocycles. The lowest BCUT2D eigenvalue weighted by molar-refractivity contribution is -0.151. The number of aromatic nitrogens is 2. The molecule has 1 amide bonds. The topological polar surface area (TPSA) is 105 Å². The maximum absolute atomic E-state index is 12.7. The molecule has 9 heteroatoms. The minimum absolute atomic E-state index is 0.0462. The van der Waals surface area contributed by atoms with E-state index in [0.717, 1.165) is 12.8 Å². The van der Waals surface area contributed by atoms with Gasteiger partial charge in [-0.05, 0) is 33.1 Å². The highest BCUT2D eigenvalue weighted by atomic mass is 16.5. The van der Waals surface area contributed by atoms with E-state index in [1.54, 1.807) is 18.7 Å². The Morgan fingerprint density at radius 3 is 2.72 bits per heavy atom. The van der Waals surface area contributed by atoms with Crippen molar-refractivity contribution in [3.63, 3.8) is 0 Å². The number of aromatic amines is 1. The van der Waals surface area contributed by atoms with Crippen molar-refractivity contribution in [1.29, 1.82) is 0 Å². The van der Waals surface area contributed by atoms with Gasteiger partial charge >= 0.3 is 5.97 Å². The van der Waals surface area contributed by atoms with Gasteiger partial charge in [-0.2, -0.15) is 0 Å². The zero-order valence-corrected chi connectivity index (χ0v) is 17.2. The van der Waals surface area contributed by atoms with Crippen LogP contribution in [0.1, 0.15) is 37.4 Å². The SMILES string of the molecule is CCOC(=O)C1CCCN(C(=O)CCc2c(C)nc(N3CCOCC3)[nH]c2=O)C1. The summed E-state index contributed by atoms with van der Waals surface area (Å²) >= 11 is 0. The van der Waals surface area contributed by atoms with E-state index in [9.17, 15) is 14.4 Å². The van der Waals surface area contributed by atoms with Crippen LogP contribution < -0.4 is 10.5 Å². The van der Waals surface area contributed by atoms with Crippen LogP contribution in [-0.4, -0.2) is 72.7 Å². The molecule has 9 nitrogen and oxygen atoms in total. The van der Waals surface area contributed by atoms with Crippen LogP contribution in [0.15, 0.2) is 4.79 Å². The van der Waals surface area contributed by atoms with Gasteiger partial charge in [-0.3, -0.25) is 19.4 Å². The zero-order chi connectivity index (χ0) is 20.8. The molecule has 0 bridgehead atoms. The Hall–Kier alpha value is -2.42. The molecule has 2 aliphatic heterocycles. The molecule has 2 aliphatic rings. The van der Waals surface area contributed by atoms with Gasteiger partial charge in [0, 0.05) is 43.9 Å². The maximum Gasteiger partial charge on any atom is 0.310 e. The van der Waals surface area contributed by atoms with Gasteiger partial charge < -0.3 is 19.3 Å². The van der Waals surface area contributed by atoms with E-state index >= 15 is 0 Å². The molecule has 3 rings (SSSR count). The zero-order valence-electron chi connectivity index (χ0n) is 17.2. The van der Waals surface area contributed by atoms with Gasteiger partial charge in [0.05, 0.1) is 25.7 Å². The molecule has 160 valence electrons. The Balaban J connectivity index is 1.59. The Kier molecular flexibility index (Phi) is 7.24. The summed E-state index contributed by atoms with van der Waals surface area (Å²) in [6, 6.07) is 0. The fourth-order valence-electron chi connectivity index (χ4n) is 3.86. The monoisotopic (exact) mass is 406 g/mol. The molecular weight excluding hydrogens is 376 g/mol. The predicted octanol–water partition coefficient (Wildman–Crippen LogP) is 0.649. The standard InChI is InChI=1S/C20H30N4O5/c1-3-29-19(27)15-5-4-8-24(13-15)17(25)7-6-16-14(2)21-20(22-18(16)26)23-9-11-28-12-10-23/h15H,3-13H2,1-2H3,(H,21,22,26). The first-order chi connectivity index (χ1) is 14.0. The second kappa shape index (κ2) is 9.87. The van der Waals surface area contributed by atoms with Crippen LogP contribution in [-0.2, 0) is 25.5 Å². The third-order valence-electron chi connectivity index (χ3n) is 5.50. The van der Waals surface area contributed by atoms with Crippen LogP contribution in [0.4, 0.5) is 5.95 Å². The number of nitrogens with zero attached hydrogens (tertiary/aromatic N) is 3. The van der Waals surface area contributed by atoms with E-state index in [-0.39, 0.29) is 29.8 Å². The van der Waals surface area contributed by atoms with Crippen molar-refractivity contribution >= 4 is 17.8 Å². The van der Waals surface area contributed by atoms with Crippen molar-refractivity contribution in [3.05, 3.63) is 21.6 Å². The second-order valence-electron chi connectivity index (χ2n) is 7.48. The average Bonchev–Trinajstić information content (AvgIpc) is 2.73. The van der Waals surface area contributed by atoms with Crippen molar-refractivity contribution in [2.24, 2.45) is 5.92 Å². The summed E-state index contributed by atoms with van der Waals surface area (Å²) in [6.45, 7) is 7.56. The number of likely N-dealkylation sites (tertiary alicyclic amines) is 1. The van der Waals surface area contributed by atoms with Crippen molar-refractivity contribution in [3.8, 4) is 0 Å². The largest absolute Gasteiger partial charge is 0.466 e. The van der Waals surface area contributed by atoms with Gasteiger partial charge in [-0.25, -0.2) is 4.98 Å². The molecule has 2 saturated heterocycles. The summed E-state index contributed by atoms with van der Waals surface area (Å²) < 4.78 is 10.4. The number of hydrogen-bond acceptors (Lipinski definition) is 7. The number of carbonyl (C=O) groups is 2. The van der Waals surface area contributed by atoms with Crippen LogP contribution in [0, 0.1) is 12.8 Å². The Morgan fingerprint density at radius 1 is 1.28 bits per heavy atom. The minimum Gasteiger partial charge on any atom is -0.466 e. The van der Waals surface area contributed by atoms with E-state index in [2.05, 4.69) is 9.97 Å². The van der Waals surface area contributed by atoms with E-state index in [1.165, 1.54) is 0 Å². The highest BCUT2D eigenvalue weighted by molar-refractivity contribution is 5.78. The number of morpholine rings is 1. The normalized spacial score (nSPS) is 19.9. The fraction of sp³-hybridized carbons (Fsp3) is 0.700. The average molecular weight is 406 g/mol. The summed E-state index contributed by atoms with van der Waals surface area (Å²) in [5.74, 6) is 0.0155. The molecule has 1 aromatic heterocycles. The summed E-state index contributed by atoms with van der Waals surface area (Å²) in [4.78, 5) is 48.3. The molecule has 1 aromatic rings. The fourth-order valence-corrected chi connectivity index (χ4v) is 3.86. The smallest absolute Gasteiger partial charge is 0.310 e. The lowest BCUT2D eigenvalue weighted by Crippen LogP contribution is -2.43. The van der Waals surface area contributed by atoms with Gasteiger partial charge in [0.2, 0.25) is 11.9 Å². The number of esters is 1. The number of amides is 1. The number of H-pyrrole nitrogens is 1. The van der Waals surface area contributed by atoms with Crippen LogP contribution in [0.5, 0.6) is 0 Å². The third kappa shape index (κ3) is 5.35. The van der Waals surface area contributed by atoms with Crippen molar-refractivity contribution in [1.82, 2.24) is 14.9 Å².